The van der Waals surface area contributed by atoms with Gasteiger partial charge >= 0.3 is 11.9 Å². The second-order valence-electron chi connectivity index (χ2n) is 6.94. The SMILES string of the molecule is CC(CS)C(=O)OCC1(COC(=O)C(C)CS)CC2C=CC1C2. The maximum atomic E-state index is 12.0. The Balaban J connectivity index is 1.99. The largest absolute Gasteiger partial charge is 0.465 e. The van der Waals surface area contributed by atoms with Gasteiger partial charge in [0.15, 0.2) is 0 Å². The normalized spacial score (nSPS) is 31.0. The first-order valence-corrected chi connectivity index (χ1v) is 9.41. The monoisotopic (exact) mass is 358 g/mol. The molecule has 4 nitrogen and oxygen atoms in total. The number of fused-ring (bicyclic) bond motifs is 2. The van der Waals surface area contributed by atoms with Crippen molar-refractivity contribution < 1.29 is 19.1 Å². The van der Waals surface area contributed by atoms with Gasteiger partial charge in [0, 0.05) is 16.9 Å². The number of ether oxygens (including phenoxy) is 2. The van der Waals surface area contributed by atoms with Crippen LogP contribution in [0.3, 0.4) is 0 Å². The van der Waals surface area contributed by atoms with E-state index in [1.807, 2.05) is 0 Å². The lowest BCUT2D eigenvalue weighted by molar-refractivity contribution is -0.159. The predicted molar refractivity (Wildman–Crippen MR) is 95.7 cm³/mol. The third-order valence-electron chi connectivity index (χ3n) is 4.98. The van der Waals surface area contributed by atoms with E-state index in [1.54, 1.807) is 13.8 Å². The Labute approximate surface area is 149 Å². The molecule has 0 heterocycles. The summed E-state index contributed by atoms with van der Waals surface area (Å²) in [7, 11) is 0. The lowest BCUT2D eigenvalue weighted by Crippen LogP contribution is -2.39. The Bertz CT molecular complexity index is 451. The molecule has 0 spiro atoms. The lowest BCUT2D eigenvalue weighted by Gasteiger charge is -2.34. The first kappa shape index (κ1) is 18.7. The van der Waals surface area contributed by atoms with Crippen LogP contribution >= 0.6 is 25.3 Å². The van der Waals surface area contributed by atoms with Crippen LogP contribution in [0.4, 0.5) is 0 Å². The molecule has 0 aromatic rings. The molecule has 2 aliphatic carbocycles. The van der Waals surface area contributed by atoms with E-state index in [9.17, 15) is 9.59 Å². The molecule has 2 aliphatic rings. The fourth-order valence-electron chi connectivity index (χ4n) is 3.29. The number of hydrogen-bond donors (Lipinski definition) is 2. The van der Waals surface area contributed by atoms with E-state index in [4.69, 9.17) is 9.47 Å². The topological polar surface area (TPSA) is 52.6 Å². The van der Waals surface area contributed by atoms with Gasteiger partial charge in [0.1, 0.15) is 13.2 Å². The zero-order valence-electron chi connectivity index (χ0n) is 13.7. The fraction of sp³-hybridized carbons (Fsp3) is 0.765. The van der Waals surface area contributed by atoms with E-state index >= 15 is 0 Å². The minimum absolute atomic E-state index is 0.226. The Hall–Kier alpha value is -0.620. The van der Waals surface area contributed by atoms with Crippen LogP contribution in [0.2, 0.25) is 0 Å². The Morgan fingerprint density at radius 2 is 1.61 bits per heavy atom. The molecule has 1 fully saturated rings. The van der Waals surface area contributed by atoms with Crippen LogP contribution < -0.4 is 0 Å². The van der Waals surface area contributed by atoms with Crippen LogP contribution in [-0.2, 0) is 19.1 Å². The van der Waals surface area contributed by atoms with Crippen molar-refractivity contribution >= 4 is 37.2 Å². The summed E-state index contributed by atoms with van der Waals surface area (Å²) in [6.07, 6.45) is 6.36. The highest BCUT2D eigenvalue weighted by Gasteiger charge is 2.50. The summed E-state index contributed by atoms with van der Waals surface area (Å²) in [4.78, 5) is 23.9. The molecule has 1 saturated carbocycles. The van der Waals surface area contributed by atoms with E-state index in [0.29, 0.717) is 36.6 Å². The molecule has 0 aromatic carbocycles. The molecular formula is C17H26O4S2. The van der Waals surface area contributed by atoms with Gasteiger partial charge in [0.05, 0.1) is 11.8 Å². The molecule has 23 heavy (non-hydrogen) atoms. The molecule has 0 N–H and O–H groups in total. The van der Waals surface area contributed by atoms with Crippen LogP contribution in [0.25, 0.3) is 0 Å². The molecule has 4 unspecified atom stereocenters. The van der Waals surface area contributed by atoms with E-state index in [2.05, 4.69) is 37.4 Å². The molecule has 0 amide bonds. The Kier molecular flexibility index (Phi) is 6.48. The molecule has 0 saturated heterocycles. The number of hydrogen-bond acceptors (Lipinski definition) is 6. The van der Waals surface area contributed by atoms with E-state index < -0.39 is 0 Å². The maximum Gasteiger partial charge on any atom is 0.309 e. The summed E-state index contributed by atoms with van der Waals surface area (Å²) in [5.41, 5.74) is -0.280. The van der Waals surface area contributed by atoms with Gasteiger partial charge in [-0.25, -0.2) is 0 Å². The van der Waals surface area contributed by atoms with E-state index in [0.717, 1.165) is 12.8 Å². The second-order valence-corrected chi connectivity index (χ2v) is 7.67. The van der Waals surface area contributed by atoms with Gasteiger partial charge in [-0.3, -0.25) is 9.59 Å². The average Bonchev–Trinajstić information content (AvgIpc) is 3.17. The number of carbonyl (C=O) groups is 2. The van der Waals surface area contributed by atoms with Gasteiger partial charge in [0.2, 0.25) is 0 Å². The first-order chi connectivity index (χ1) is 10.9. The predicted octanol–water partition coefficient (Wildman–Crippen LogP) is 2.79. The zero-order chi connectivity index (χ0) is 17.0. The quantitative estimate of drug-likeness (QED) is 0.398. The Morgan fingerprint density at radius 1 is 1.09 bits per heavy atom. The number of esters is 2. The average molecular weight is 359 g/mol. The van der Waals surface area contributed by atoms with Crippen molar-refractivity contribution in [2.45, 2.75) is 26.7 Å². The summed E-state index contributed by atoms with van der Waals surface area (Å²) < 4.78 is 11.1. The van der Waals surface area contributed by atoms with Crippen molar-refractivity contribution in [2.24, 2.45) is 29.1 Å². The lowest BCUT2D eigenvalue weighted by atomic mass is 9.77. The molecule has 0 radical (unpaired) electrons. The standard InChI is InChI=1S/C17H26O4S2/c1-11(7-22)15(18)20-9-17(6-13-3-4-14(17)5-13)10-21-16(19)12(2)8-23/h3-4,11-14,22-23H,5-10H2,1-2H3. The summed E-state index contributed by atoms with van der Waals surface area (Å²) in [5.74, 6) is 0.820. The maximum absolute atomic E-state index is 12.0. The molecule has 0 aliphatic heterocycles. The van der Waals surface area contributed by atoms with Crippen molar-refractivity contribution in [1.29, 1.82) is 0 Å². The van der Waals surface area contributed by atoms with Gasteiger partial charge < -0.3 is 9.47 Å². The van der Waals surface area contributed by atoms with Gasteiger partial charge in [-0.05, 0) is 24.7 Å². The minimum atomic E-state index is -0.280. The van der Waals surface area contributed by atoms with E-state index in [1.165, 1.54) is 0 Å². The van der Waals surface area contributed by atoms with Crippen molar-refractivity contribution in [3.05, 3.63) is 12.2 Å². The van der Waals surface area contributed by atoms with Gasteiger partial charge in [-0.2, -0.15) is 25.3 Å². The number of rotatable bonds is 8. The summed E-state index contributed by atoms with van der Waals surface area (Å²) in [6.45, 7) is 4.21. The minimum Gasteiger partial charge on any atom is -0.465 e. The zero-order valence-corrected chi connectivity index (χ0v) is 15.5. The highest BCUT2D eigenvalue weighted by Crippen LogP contribution is 2.52. The molecule has 2 bridgehead atoms. The molecular weight excluding hydrogens is 332 g/mol. The third-order valence-corrected chi connectivity index (χ3v) is 6.08. The van der Waals surface area contributed by atoms with Crippen LogP contribution in [0, 0.1) is 29.1 Å². The summed E-state index contributed by atoms with van der Waals surface area (Å²) >= 11 is 8.27. The van der Waals surface area contributed by atoms with Gasteiger partial charge in [-0.15, -0.1) is 0 Å². The van der Waals surface area contributed by atoms with Crippen molar-refractivity contribution in [3.8, 4) is 0 Å². The number of thiol groups is 2. The number of carbonyl (C=O) groups excluding carboxylic acids is 2. The first-order valence-electron chi connectivity index (χ1n) is 8.15. The van der Waals surface area contributed by atoms with Crippen molar-refractivity contribution in [1.82, 2.24) is 0 Å². The molecule has 6 heteroatoms. The summed E-state index contributed by atoms with van der Waals surface area (Å²) in [5, 5.41) is 0. The molecule has 0 aromatic heterocycles. The Morgan fingerprint density at radius 3 is 1.96 bits per heavy atom. The van der Waals surface area contributed by atoms with Crippen LogP contribution in [0.5, 0.6) is 0 Å². The molecule has 2 rings (SSSR count). The molecule has 4 atom stereocenters. The second kappa shape index (κ2) is 7.97. The fourth-order valence-corrected chi connectivity index (χ4v) is 3.59. The number of allylic oxidation sites excluding steroid dienone is 2. The molecule has 130 valence electrons. The van der Waals surface area contributed by atoms with E-state index in [-0.39, 0.29) is 29.2 Å². The van der Waals surface area contributed by atoms with Crippen LogP contribution in [-0.4, -0.2) is 36.7 Å². The highest BCUT2D eigenvalue weighted by molar-refractivity contribution is 7.80. The summed E-state index contributed by atoms with van der Waals surface area (Å²) in [6, 6.07) is 0. The smallest absolute Gasteiger partial charge is 0.309 e. The highest BCUT2D eigenvalue weighted by atomic mass is 32.1. The van der Waals surface area contributed by atoms with Crippen molar-refractivity contribution in [3.63, 3.8) is 0 Å². The van der Waals surface area contributed by atoms with Crippen LogP contribution in [0.15, 0.2) is 12.2 Å². The third kappa shape index (κ3) is 4.27. The van der Waals surface area contributed by atoms with Gasteiger partial charge in [0.25, 0.3) is 0 Å². The van der Waals surface area contributed by atoms with Crippen LogP contribution in [0.1, 0.15) is 26.7 Å². The van der Waals surface area contributed by atoms with Gasteiger partial charge in [-0.1, -0.05) is 26.0 Å². The van der Waals surface area contributed by atoms with Crippen molar-refractivity contribution in [2.75, 3.05) is 24.7 Å².